The highest BCUT2D eigenvalue weighted by atomic mass is 16.2. The van der Waals surface area contributed by atoms with Gasteiger partial charge in [-0.15, -0.1) is 0 Å². The summed E-state index contributed by atoms with van der Waals surface area (Å²) in [6.45, 7) is 7.96. The van der Waals surface area contributed by atoms with Crippen LogP contribution in [0.2, 0.25) is 0 Å². The Morgan fingerprint density at radius 3 is 2.79 bits per heavy atom. The molecule has 0 radical (unpaired) electrons. The normalized spacial score (nSPS) is 16.3. The number of pyridine rings is 1. The molecule has 1 aliphatic rings. The highest BCUT2D eigenvalue weighted by Gasteiger charge is 2.23. The summed E-state index contributed by atoms with van der Waals surface area (Å²) < 4.78 is 0. The highest BCUT2D eigenvalue weighted by molar-refractivity contribution is 5.77. The second-order valence-corrected chi connectivity index (χ2v) is 7.40. The van der Waals surface area contributed by atoms with Crippen LogP contribution in [0.4, 0.5) is 4.79 Å². The number of aromatic amines is 1. The van der Waals surface area contributed by atoms with E-state index in [-0.39, 0.29) is 12.1 Å². The Kier molecular flexibility index (Phi) is 5.25. The lowest BCUT2D eigenvalue weighted by Crippen LogP contribution is -2.51. The average molecular weight is 378 g/mol. The molecule has 146 valence electrons. The number of fused-ring (bicyclic) bond motifs is 1. The SMILES string of the molecule is Cc1ccc2nc([C@H](C)NC(=O)N3CCN(Cc4ccccn4)CC3)[nH]c2c1. The van der Waals surface area contributed by atoms with Crippen LogP contribution in [-0.2, 0) is 6.54 Å². The van der Waals surface area contributed by atoms with E-state index in [0.717, 1.165) is 42.2 Å². The zero-order chi connectivity index (χ0) is 19.5. The highest BCUT2D eigenvalue weighted by Crippen LogP contribution is 2.17. The van der Waals surface area contributed by atoms with E-state index >= 15 is 0 Å². The maximum absolute atomic E-state index is 12.7. The van der Waals surface area contributed by atoms with E-state index in [2.05, 4.69) is 38.2 Å². The van der Waals surface area contributed by atoms with Gasteiger partial charge in [0, 0.05) is 38.9 Å². The minimum atomic E-state index is -0.174. The number of nitrogens with zero attached hydrogens (tertiary/aromatic N) is 4. The molecule has 1 aliphatic heterocycles. The van der Waals surface area contributed by atoms with Crippen molar-refractivity contribution in [2.24, 2.45) is 0 Å². The number of rotatable bonds is 4. The fourth-order valence-electron chi connectivity index (χ4n) is 3.52. The van der Waals surface area contributed by atoms with Gasteiger partial charge in [0.2, 0.25) is 0 Å². The van der Waals surface area contributed by atoms with Crippen molar-refractivity contribution in [1.82, 2.24) is 30.1 Å². The second-order valence-electron chi connectivity index (χ2n) is 7.40. The Bertz CT molecular complexity index is 946. The lowest BCUT2D eigenvalue weighted by atomic mass is 10.2. The van der Waals surface area contributed by atoms with Crippen LogP contribution < -0.4 is 5.32 Å². The first kappa shape index (κ1) is 18.4. The molecule has 0 aliphatic carbocycles. The lowest BCUT2D eigenvalue weighted by molar-refractivity contribution is 0.132. The molecule has 0 saturated carbocycles. The summed E-state index contributed by atoms with van der Waals surface area (Å²) >= 11 is 0. The van der Waals surface area contributed by atoms with Gasteiger partial charge in [0.05, 0.1) is 22.8 Å². The molecule has 2 aromatic heterocycles. The minimum absolute atomic E-state index is 0.0402. The Morgan fingerprint density at radius 2 is 2.04 bits per heavy atom. The van der Waals surface area contributed by atoms with Crippen molar-refractivity contribution in [3.63, 3.8) is 0 Å². The Hall–Kier alpha value is -2.93. The zero-order valence-electron chi connectivity index (χ0n) is 16.4. The van der Waals surface area contributed by atoms with Crippen LogP contribution in [-0.4, -0.2) is 57.0 Å². The summed E-state index contributed by atoms with van der Waals surface area (Å²) in [5.41, 5.74) is 4.17. The number of carbonyl (C=O) groups excluding carboxylic acids is 1. The third kappa shape index (κ3) is 4.14. The lowest BCUT2D eigenvalue weighted by Gasteiger charge is -2.35. The molecule has 3 aromatic rings. The van der Waals surface area contributed by atoms with E-state index in [4.69, 9.17) is 0 Å². The molecule has 1 saturated heterocycles. The molecule has 1 atom stereocenters. The third-order valence-corrected chi connectivity index (χ3v) is 5.18. The summed E-state index contributed by atoms with van der Waals surface area (Å²) in [5.74, 6) is 0.780. The Labute approximate surface area is 164 Å². The largest absolute Gasteiger partial charge is 0.340 e. The minimum Gasteiger partial charge on any atom is -0.340 e. The first-order chi connectivity index (χ1) is 13.6. The predicted molar refractivity (Wildman–Crippen MR) is 109 cm³/mol. The fourth-order valence-corrected chi connectivity index (χ4v) is 3.52. The van der Waals surface area contributed by atoms with Gasteiger partial charge in [-0.2, -0.15) is 0 Å². The molecule has 1 aromatic carbocycles. The van der Waals surface area contributed by atoms with E-state index in [1.54, 1.807) is 0 Å². The molecule has 4 rings (SSSR count). The molecule has 7 heteroatoms. The van der Waals surface area contributed by atoms with E-state index in [1.165, 1.54) is 5.56 Å². The molecule has 2 N–H and O–H groups in total. The van der Waals surface area contributed by atoms with Crippen LogP contribution in [0.3, 0.4) is 0 Å². The maximum Gasteiger partial charge on any atom is 0.318 e. The van der Waals surface area contributed by atoms with Crippen LogP contribution in [0, 0.1) is 6.92 Å². The number of nitrogens with one attached hydrogen (secondary N) is 2. The number of hydrogen-bond donors (Lipinski definition) is 2. The number of imidazole rings is 1. The monoisotopic (exact) mass is 378 g/mol. The van der Waals surface area contributed by atoms with E-state index in [9.17, 15) is 4.79 Å². The summed E-state index contributed by atoms with van der Waals surface area (Å²) in [7, 11) is 0. The van der Waals surface area contributed by atoms with Crippen molar-refractivity contribution < 1.29 is 4.79 Å². The first-order valence-corrected chi connectivity index (χ1v) is 9.72. The number of H-pyrrole nitrogens is 1. The smallest absolute Gasteiger partial charge is 0.318 e. The molecule has 3 heterocycles. The topological polar surface area (TPSA) is 77.2 Å². The van der Waals surface area contributed by atoms with Gasteiger partial charge in [0.1, 0.15) is 5.82 Å². The van der Waals surface area contributed by atoms with Gasteiger partial charge in [-0.1, -0.05) is 12.1 Å². The molecule has 7 nitrogen and oxygen atoms in total. The van der Waals surface area contributed by atoms with Gasteiger partial charge in [-0.3, -0.25) is 9.88 Å². The number of urea groups is 1. The van der Waals surface area contributed by atoms with Crippen LogP contribution >= 0.6 is 0 Å². The molecular weight excluding hydrogens is 352 g/mol. The standard InChI is InChI=1S/C21H26N6O/c1-15-6-7-18-19(13-15)25-20(24-18)16(2)23-21(28)27-11-9-26(10-12-27)14-17-5-3-4-8-22-17/h3-8,13,16H,9-12,14H2,1-2H3,(H,23,28)(H,24,25)/t16-/m0/s1. The number of aryl methyl sites for hydroxylation is 1. The summed E-state index contributed by atoms with van der Waals surface area (Å²) in [6, 6.07) is 11.9. The van der Waals surface area contributed by atoms with Crippen LogP contribution in [0.15, 0.2) is 42.6 Å². The summed E-state index contributed by atoms with van der Waals surface area (Å²) in [5, 5.41) is 3.07. The molecule has 0 spiro atoms. The third-order valence-electron chi connectivity index (χ3n) is 5.18. The van der Waals surface area contributed by atoms with Gasteiger partial charge >= 0.3 is 6.03 Å². The van der Waals surface area contributed by atoms with E-state index in [0.29, 0.717) is 13.1 Å². The Morgan fingerprint density at radius 1 is 1.21 bits per heavy atom. The average Bonchev–Trinajstić information content (AvgIpc) is 3.12. The number of piperazine rings is 1. The van der Waals surface area contributed by atoms with E-state index in [1.807, 2.05) is 48.4 Å². The second kappa shape index (κ2) is 7.98. The van der Waals surface area contributed by atoms with Crippen molar-refractivity contribution >= 4 is 17.1 Å². The fraction of sp³-hybridized carbons (Fsp3) is 0.381. The number of amides is 2. The van der Waals surface area contributed by atoms with Crippen LogP contribution in [0.25, 0.3) is 11.0 Å². The van der Waals surface area contributed by atoms with Crippen molar-refractivity contribution in [3.8, 4) is 0 Å². The van der Waals surface area contributed by atoms with Gasteiger partial charge in [0.15, 0.2) is 0 Å². The molecule has 2 amide bonds. The van der Waals surface area contributed by atoms with Crippen molar-refractivity contribution in [2.75, 3.05) is 26.2 Å². The molecule has 0 unspecified atom stereocenters. The van der Waals surface area contributed by atoms with Crippen molar-refractivity contribution in [2.45, 2.75) is 26.4 Å². The van der Waals surface area contributed by atoms with Crippen LogP contribution in [0.5, 0.6) is 0 Å². The quantitative estimate of drug-likeness (QED) is 0.732. The molecule has 28 heavy (non-hydrogen) atoms. The molecular formula is C21H26N6O. The number of benzene rings is 1. The van der Waals surface area contributed by atoms with Gasteiger partial charge in [0.25, 0.3) is 0 Å². The number of aromatic nitrogens is 3. The van der Waals surface area contributed by atoms with Crippen LogP contribution in [0.1, 0.15) is 30.0 Å². The molecule has 0 bridgehead atoms. The summed E-state index contributed by atoms with van der Waals surface area (Å²) in [6.07, 6.45) is 1.82. The number of hydrogen-bond acceptors (Lipinski definition) is 4. The van der Waals surface area contributed by atoms with E-state index < -0.39 is 0 Å². The summed E-state index contributed by atoms with van der Waals surface area (Å²) in [4.78, 5) is 29.2. The number of carbonyl (C=O) groups is 1. The zero-order valence-corrected chi connectivity index (χ0v) is 16.4. The molecule has 1 fully saturated rings. The van der Waals surface area contributed by atoms with Gasteiger partial charge < -0.3 is 15.2 Å². The van der Waals surface area contributed by atoms with Crippen molar-refractivity contribution in [3.05, 3.63) is 59.7 Å². The first-order valence-electron chi connectivity index (χ1n) is 9.72. The van der Waals surface area contributed by atoms with Crippen molar-refractivity contribution in [1.29, 1.82) is 0 Å². The predicted octanol–water partition coefficient (Wildman–Crippen LogP) is 2.85. The maximum atomic E-state index is 12.7. The van der Waals surface area contributed by atoms with Gasteiger partial charge in [-0.25, -0.2) is 9.78 Å². The Balaban J connectivity index is 1.31. The van der Waals surface area contributed by atoms with Gasteiger partial charge in [-0.05, 0) is 43.7 Å².